The van der Waals surface area contributed by atoms with Crippen molar-refractivity contribution >= 4 is 45.6 Å². The molecule has 4 rings (SSSR count). The van der Waals surface area contributed by atoms with Crippen molar-refractivity contribution in [2.24, 2.45) is 0 Å². The first kappa shape index (κ1) is 17.7. The Kier molecular flexibility index (Phi) is 4.71. The zero-order valence-electron chi connectivity index (χ0n) is 14.3. The number of para-hydroxylation sites is 1. The van der Waals surface area contributed by atoms with E-state index in [2.05, 4.69) is 10.3 Å². The number of carbonyl (C=O) groups is 2. The lowest BCUT2D eigenvalue weighted by Crippen LogP contribution is -2.31. The van der Waals surface area contributed by atoms with E-state index in [1.54, 1.807) is 0 Å². The molecule has 0 aliphatic carbocycles. The van der Waals surface area contributed by atoms with Gasteiger partial charge in [0, 0.05) is 22.0 Å². The highest BCUT2D eigenvalue weighted by molar-refractivity contribution is 8.01. The van der Waals surface area contributed by atoms with Gasteiger partial charge in [0.15, 0.2) is 4.96 Å². The second kappa shape index (κ2) is 7.16. The molecule has 0 radical (unpaired) electrons. The minimum Gasteiger partial charge on any atom is -0.459 e. The van der Waals surface area contributed by atoms with Gasteiger partial charge in [0.2, 0.25) is 5.91 Å². The maximum absolute atomic E-state index is 12.2. The van der Waals surface area contributed by atoms with E-state index in [9.17, 15) is 14.4 Å². The van der Waals surface area contributed by atoms with Gasteiger partial charge in [-0.15, -0.1) is 23.1 Å². The number of benzene rings is 1. The number of nitrogens with zero attached hydrogens (tertiary/aromatic N) is 2. The summed E-state index contributed by atoms with van der Waals surface area (Å²) < 4.78 is 6.75. The van der Waals surface area contributed by atoms with E-state index in [1.165, 1.54) is 33.6 Å². The first-order valence-corrected chi connectivity index (χ1v) is 9.96. The average molecular weight is 401 g/mol. The van der Waals surface area contributed by atoms with Crippen LogP contribution in [0.5, 0.6) is 0 Å². The predicted octanol–water partition coefficient (Wildman–Crippen LogP) is 2.61. The molecule has 27 heavy (non-hydrogen) atoms. The lowest BCUT2D eigenvalue weighted by atomic mass is 10.2. The molecule has 1 amide bonds. The molecule has 1 aromatic carbocycles. The van der Waals surface area contributed by atoms with E-state index < -0.39 is 11.2 Å². The number of esters is 1. The summed E-state index contributed by atoms with van der Waals surface area (Å²) in [4.78, 5) is 42.3. The molecular formula is C18H15N3O4S2. The largest absolute Gasteiger partial charge is 0.459 e. The number of carbonyl (C=O) groups excluding carboxylic acids is 2. The maximum Gasteiger partial charge on any atom is 0.307 e. The van der Waals surface area contributed by atoms with Crippen molar-refractivity contribution in [3.05, 3.63) is 57.5 Å². The minimum absolute atomic E-state index is 0.0514. The monoisotopic (exact) mass is 401 g/mol. The Labute approximate surface area is 162 Å². The fourth-order valence-electron chi connectivity index (χ4n) is 2.77. The van der Waals surface area contributed by atoms with Gasteiger partial charge in [0.05, 0.1) is 23.1 Å². The topological polar surface area (TPSA) is 89.8 Å². The third kappa shape index (κ3) is 3.60. The molecule has 1 N–H and O–H groups in total. The second-order valence-electron chi connectivity index (χ2n) is 6.04. The average Bonchev–Trinajstić information content (AvgIpc) is 3.02. The van der Waals surface area contributed by atoms with Crippen LogP contribution in [0.15, 0.2) is 45.4 Å². The lowest BCUT2D eigenvalue weighted by Gasteiger charge is -2.23. The third-order valence-electron chi connectivity index (χ3n) is 4.07. The Hall–Kier alpha value is -2.65. The Bertz CT molecular complexity index is 1110. The number of anilines is 1. The number of amides is 1. The van der Waals surface area contributed by atoms with Crippen molar-refractivity contribution in [1.82, 2.24) is 9.38 Å². The number of aryl methyl sites for hydroxylation is 1. The van der Waals surface area contributed by atoms with E-state index in [4.69, 9.17) is 4.74 Å². The Morgan fingerprint density at radius 3 is 3.00 bits per heavy atom. The standard InChI is InChI=1S/C18H15N3O4S2/c1-10-9-26-18-19-11(6-15(22)21(10)18)8-25-16(23)7-14-17(24)20-12-4-2-3-5-13(12)27-14/h2-6,9,14H,7-8H2,1H3,(H,20,24)/t14-/m0/s1. The molecule has 9 heteroatoms. The number of aromatic nitrogens is 2. The first-order chi connectivity index (χ1) is 13.0. The van der Waals surface area contributed by atoms with Crippen LogP contribution < -0.4 is 10.9 Å². The molecule has 0 unspecified atom stereocenters. The summed E-state index contributed by atoms with van der Waals surface area (Å²) >= 11 is 2.70. The zero-order valence-corrected chi connectivity index (χ0v) is 15.9. The Balaban J connectivity index is 1.40. The van der Waals surface area contributed by atoms with Gasteiger partial charge in [0.1, 0.15) is 6.61 Å². The molecule has 138 valence electrons. The molecule has 2 aromatic heterocycles. The van der Waals surface area contributed by atoms with E-state index in [0.717, 1.165) is 16.3 Å². The smallest absolute Gasteiger partial charge is 0.307 e. The van der Waals surface area contributed by atoms with Crippen LogP contribution in [0.2, 0.25) is 0 Å². The molecule has 3 aromatic rings. The number of hydrogen-bond donors (Lipinski definition) is 1. The number of ether oxygens (including phenoxy) is 1. The number of thioether (sulfide) groups is 1. The molecule has 7 nitrogen and oxygen atoms in total. The van der Waals surface area contributed by atoms with E-state index >= 15 is 0 Å². The number of rotatable bonds is 4. The predicted molar refractivity (Wildman–Crippen MR) is 103 cm³/mol. The normalized spacial score (nSPS) is 16.0. The van der Waals surface area contributed by atoms with Crippen LogP contribution in [0.1, 0.15) is 17.8 Å². The van der Waals surface area contributed by atoms with E-state index in [0.29, 0.717) is 10.7 Å². The second-order valence-corrected chi connectivity index (χ2v) is 8.12. The SMILES string of the molecule is Cc1csc2nc(COC(=O)C[C@@H]3Sc4ccccc4NC3=O)cc(=O)n12. The van der Waals surface area contributed by atoms with Crippen LogP contribution in [0, 0.1) is 6.92 Å². The third-order valence-corrected chi connectivity index (χ3v) is 6.29. The molecule has 0 spiro atoms. The van der Waals surface area contributed by atoms with E-state index in [-0.39, 0.29) is 24.5 Å². The Morgan fingerprint density at radius 2 is 2.15 bits per heavy atom. The molecule has 0 saturated carbocycles. The summed E-state index contributed by atoms with van der Waals surface area (Å²) in [5.74, 6) is -0.728. The number of fused-ring (bicyclic) bond motifs is 2. The van der Waals surface area contributed by atoms with Crippen molar-refractivity contribution in [3.8, 4) is 0 Å². The number of nitrogens with one attached hydrogen (secondary N) is 1. The van der Waals surface area contributed by atoms with Gasteiger partial charge in [-0.3, -0.25) is 18.8 Å². The summed E-state index contributed by atoms with van der Waals surface area (Å²) in [6, 6.07) is 8.80. The van der Waals surface area contributed by atoms with Crippen molar-refractivity contribution < 1.29 is 14.3 Å². The maximum atomic E-state index is 12.2. The highest BCUT2D eigenvalue weighted by atomic mass is 32.2. The molecule has 0 saturated heterocycles. The fraction of sp³-hybridized carbons (Fsp3) is 0.222. The van der Waals surface area contributed by atoms with Gasteiger partial charge in [-0.2, -0.15) is 0 Å². The molecule has 1 aliphatic rings. The number of thiazole rings is 1. The molecule has 0 fully saturated rings. The molecule has 3 heterocycles. The van der Waals surface area contributed by atoms with Crippen LogP contribution in [0.3, 0.4) is 0 Å². The quantitative estimate of drug-likeness (QED) is 0.676. The summed E-state index contributed by atoms with van der Waals surface area (Å²) in [6.45, 7) is 1.73. The van der Waals surface area contributed by atoms with Gasteiger partial charge in [-0.1, -0.05) is 12.1 Å². The Morgan fingerprint density at radius 1 is 1.33 bits per heavy atom. The summed E-state index contributed by atoms with van der Waals surface area (Å²) in [6.07, 6.45) is -0.0514. The molecule has 1 aliphatic heterocycles. The van der Waals surface area contributed by atoms with Crippen LogP contribution in [0.25, 0.3) is 4.96 Å². The van der Waals surface area contributed by atoms with Crippen molar-refractivity contribution in [1.29, 1.82) is 0 Å². The van der Waals surface area contributed by atoms with Gasteiger partial charge < -0.3 is 10.1 Å². The van der Waals surface area contributed by atoms with E-state index in [1.807, 2.05) is 36.6 Å². The van der Waals surface area contributed by atoms with Crippen LogP contribution in [0.4, 0.5) is 5.69 Å². The van der Waals surface area contributed by atoms with Crippen LogP contribution in [-0.4, -0.2) is 26.5 Å². The van der Waals surface area contributed by atoms with Gasteiger partial charge in [-0.25, -0.2) is 4.98 Å². The van der Waals surface area contributed by atoms with Crippen LogP contribution >= 0.6 is 23.1 Å². The highest BCUT2D eigenvalue weighted by Gasteiger charge is 2.29. The summed E-state index contributed by atoms with van der Waals surface area (Å²) in [5, 5.41) is 4.09. The minimum atomic E-state index is -0.548. The van der Waals surface area contributed by atoms with Crippen LogP contribution in [-0.2, 0) is 20.9 Å². The van der Waals surface area contributed by atoms with Gasteiger partial charge in [0.25, 0.3) is 5.56 Å². The summed E-state index contributed by atoms with van der Waals surface area (Å²) in [7, 11) is 0. The van der Waals surface area contributed by atoms with Gasteiger partial charge >= 0.3 is 5.97 Å². The van der Waals surface area contributed by atoms with Crippen molar-refractivity contribution in [2.75, 3.05) is 5.32 Å². The fourth-order valence-corrected chi connectivity index (χ4v) is 4.75. The van der Waals surface area contributed by atoms with Crippen molar-refractivity contribution in [2.45, 2.75) is 30.1 Å². The lowest BCUT2D eigenvalue weighted by molar-refractivity contribution is -0.145. The highest BCUT2D eigenvalue weighted by Crippen LogP contribution is 2.36. The molecule has 0 bridgehead atoms. The summed E-state index contributed by atoms with van der Waals surface area (Å²) in [5.41, 5.74) is 1.75. The molecular weight excluding hydrogens is 386 g/mol. The van der Waals surface area contributed by atoms with Gasteiger partial charge in [-0.05, 0) is 19.1 Å². The molecule has 1 atom stereocenters. The number of hydrogen-bond acceptors (Lipinski definition) is 7. The first-order valence-electron chi connectivity index (χ1n) is 8.20. The van der Waals surface area contributed by atoms with Crippen molar-refractivity contribution in [3.63, 3.8) is 0 Å². The zero-order chi connectivity index (χ0) is 19.0.